The van der Waals surface area contributed by atoms with Crippen LogP contribution in [0.3, 0.4) is 0 Å². The van der Waals surface area contributed by atoms with Gasteiger partial charge in [0.05, 0.1) is 13.2 Å². The second-order valence-corrected chi connectivity index (χ2v) is 26.2. The van der Waals surface area contributed by atoms with Gasteiger partial charge in [-0.15, -0.1) is 0 Å². The summed E-state index contributed by atoms with van der Waals surface area (Å²) < 4.78 is 33.2. The molecule has 0 aliphatic heterocycles. The Bertz CT molecular complexity index is 1830. The molecule has 0 rings (SSSR count). The molecule has 0 saturated heterocycles. The first-order valence-electron chi connectivity index (χ1n) is 37.4. The quantitative estimate of drug-likeness (QED) is 0.0264. The summed E-state index contributed by atoms with van der Waals surface area (Å²) in [6, 6.07) is 0. The number of hydrogen-bond donors (Lipinski definition) is 2. The zero-order valence-electron chi connectivity index (χ0n) is 57.9. The van der Waals surface area contributed by atoms with Crippen LogP contribution in [0.5, 0.6) is 0 Å². The molecular formula is C79H140NO8P. The van der Waals surface area contributed by atoms with E-state index in [1.807, 2.05) is 0 Å². The van der Waals surface area contributed by atoms with E-state index in [-0.39, 0.29) is 38.6 Å². The number of carbonyl (C=O) groups is 2. The number of carbonyl (C=O) groups excluding carboxylic acids is 2. The zero-order valence-corrected chi connectivity index (χ0v) is 58.8. The molecule has 89 heavy (non-hydrogen) atoms. The Labute approximate surface area is 549 Å². The third-order valence-electron chi connectivity index (χ3n) is 16.1. The molecule has 0 spiro atoms. The van der Waals surface area contributed by atoms with Crippen LogP contribution in [0.15, 0.2) is 109 Å². The summed E-state index contributed by atoms with van der Waals surface area (Å²) in [5.74, 6) is -0.816. The summed E-state index contributed by atoms with van der Waals surface area (Å²) in [7, 11) is -4.40. The largest absolute Gasteiger partial charge is 0.472 e. The van der Waals surface area contributed by atoms with Crippen molar-refractivity contribution in [2.24, 2.45) is 5.73 Å². The average Bonchev–Trinajstić information content (AvgIpc) is 3.68. The molecule has 9 nitrogen and oxygen atoms in total. The van der Waals surface area contributed by atoms with Crippen LogP contribution in [0.2, 0.25) is 0 Å². The Balaban J connectivity index is 3.83. The Hall–Kier alpha value is -3.33. The first-order chi connectivity index (χ1) is 43.8. The van der Waals surface area contributed by atoms with E-state index in [1.165, 1.54) is 225 Å². The van der Waals surface area contributed by atoms with Crippen LogP contribution in [0, 0.1) is 0 Å². The number of hydrogen-bond acceptors (Lipinski definition) is 8. The summed E-state index contributed by atoms with van der Waals surface area (Å²) in [4.78, 5) is 35.4. The maximum absolute atomic E-state index is 12.8. The molecule has 0 aromatic heterocycles. The lowest BCUT2D eigenvalue weighted by atomic mass is 10.0. The number of nitrogens with two attached hydrogens (primary N) is 1. The van der Waals surface area contributed by atoms with Gasteiger partial charge in [-0.3, -0.25) is 18.6 Å². The van der Waals surface area contributed by atoms with Crippen LogP contribution < -0.4 is 5.73 Å². The van der Waals surface area contributed by atoms with E-state index in [0.717, 1.165) is 89.9 Å². The van der Waals surface area contributed by atoms with E-state index < -0.39 is 26.5 Å². The van der Waals surface area contributed by atoms with Gasteiger partial charge in [-0.05, 0) is 103 Å². The summed E-state index contributed by atoms with van der Waals surface area (Å²) in [6.45, 7) is 3.66. The molecule has 0 heterocycles. The highest BCUT2D eigenvalue weighted by molar-refractivity contribution is 7.47. The van der Waals surface area contributed by atoms with E-state index in [9.17, 15) is 19.0 Å². The number of esters is 2. The Morgan fingerprint density at radius 2 is 0.618 bits per heavy atom. The van der Waals surface area contributed by atoms with Crippen molar-refractivity contribution in [3.8, 4) is 0 Å². The van der Waals surface area contributed by atoms with Crippen molar-refractivity contribution < 1.29 is 37.6 Å². The number of unbranched alkanes of at least 4 members (excludes halogenated alkanes) is 39. The highest BCUT2D eigenvalue weighted by Crippen LogP contribution is 2.43. The predicted molar refractivity (Wildman–Crippen MR) is 385 cm³/mol. The van der Waals surface area contributed by atoms with Gasteiger partial charge in [0.25, 0.3) is 0 Å². The van der Waals surface area contributed by atoms with Gasteiger partial charge in [0.1, 0.15) is 6.61 Å². The summed E-state index contributed by atoms with van der Waals surface area (Å²) in [5.41, 5.74) is 5.41. The van der Waals surface area contributed by atoms with Crippen molar-refractivity contribution in [3.05, 3.63) is 109 Å². The van der Waals surface area contributed by atoms with Gasteiger partial charge in [0, 0.05) is 19.4 Å². The third kappa shape index (κ3) is 73.6. The number of rotatable bonds is 70. The smallest absolute Gasteiger partial charge is 0.462 e. The summed E-state index contributed by atoms with van der Waals surface area (Å²) >= 11 is 0. The Morgan fingerprint density at radius 1 is 0.348 bits per heavy atom. The lowest BCUT2D eigenvalue weighted by Crippen LogP contribution is -2.29. The topological polar surface area (TPSA) is 134 Å². The second-order valence-electron chi connectivity index (χ2n) is 24.8. The molecule has 0 amide bonds. The van der Waals surface area contributed by atoms with Crippen molar-refractivity contribution in [2.45, 2.75) is 354 Å². The van der Waals surface area contributed by atoms with Gasteiger partial charge in [-0.25, -0.2) is 4.57 Å². The number of phosphoric acid groups is 1. The van der Waals surface area contributed by atoms with E-state index in [4.69, 9.17) is 24.3 Å². The molecule has 2 unspecified atom stereocenters. The fourth-order valence-electron chi connectivity index (χ4n) is 10.7. The molecule has 514 valence electrons. The lowest BCUT2D eigenvalue weighted by Gasteiger charge is -2.19. The minimum Gasteiger partial charge on any atom is -0.462 e. The van der Waals surface area contributed by atoms with Crippen LogP contribution in [-0.2, 0) is 32.7 Å². The van der Waals surface area contributed by atoms with Crippen LogP contribution in [-0.4, -0.2) is 49.3 Å². The molecule has 0 aliphatic carbocycles. The molecule has 0 bridgehead atoms. The van der Waals surface area contributed by atoms with E-state index in [1.54, 1.807) is 0 Å². The van der Waals surface area contributed by atoms with Gasteiger partial charge >= 0.3 is 19.8 Å². The SMILES string of the molecule is CC/C=C\C/C=C\C/C=C\C/C=C\C/C=C\C/C=C\CCCCCCCCCCCCCCCCCCCCCCC(=O)OC(COC(=O)CCCCCCCCCCCCCCCC/C=C\C/C=C\C/C=C\CCCCCCC)COP(=O)(O)OCCN. The van der Waals surface area contributed by atoms with E-state index in [0.29, 0.717) is 6.42 Å². The van der Waals surface area contributed by atoms with Crippen molar-refractivity contribution in [2.75, 3.05) is 26.4 Å². The maximum atomic E-state index is 12.8. The molecule has 10 heteroatoms. The average molecular weight is 1260 g/mol. The van der Waals surface area contributed by atoms with Crippen LogP contribution in [0.25, 0.3) is 0 Å². The number of ether oxygens (including phenoxy) is 2. The maximum Gasteiger partial charge on any atom is 0.472 e. The minimum absolute atomic E-state index is 0.0517. The van der Waals surface area contributed by atoms with Gasteiger partial charge < -0.3 is 20.1 Å². The Morgan fingerprint density at radius 3 is 0.921 bits per heavy atom. The van der Waals surface area contributed by atoms with Gasteiger partial charge in [0.2, 0.25) is 0 Å². The van der Waals surface area contributed by atoms with Crippen molar-refractivity contribution in [1.29, 1.82) is 0 Å². The number of allylic oxidation sites excluding steroid dienone is 18. The molecule has 0 aromatic rings. The molecule has 0 radical (unpaired) electrons. The molecule has 0 saturated carbocycles. The monoisotopic (exact) mass is 1260 g/mol. The fourth-order valence-corrected chi connectivity index (χ4v) is 11.4. The van der Waals surface area contributed by atoms with Crippen molar-refractivity contribution in [3.63, 3.8) is 0 Å². The molecule has 3 N–H and O–H groups in total. The van der Waals surface area contributed by atoms with Gasteiger partial charge in [0.15, 0.2) is 6.10 Å². The van der Waals surface area contributed by atoms with E-state index in [2.05, 4.69) is 123 Å². The first kappa shape index (κ1) is 85.7. The number of phosphoric ester groups is 1. The van der Waals surface area contributed by atoms with Crippen LogP contribution in [0.1, 0.15) is 348 Å². The molecule has 0 aromatic carbocycles. The fraction of sp³-hybridized carbons (Fsp3) is 0.747. The van der Waals surface area contributed by atoms with Crippen LogP contribution >= 0.6 is 7.82 Å². The zero-order chi connectivity index (χ0) is 64.4. The minimum atomic E-state index is -4.40. The van der Waals surface area contributed by atoms with Gasteiger partial charge in [-0.2, -0.15) is 0 Å². The second kappa shape index (κ2) is 73.7. The predicted octanol–water partition coefficient (Wildman–Crippen LogP) is 24.9. The standard InChI is InChI=1S/C79H140NO8P/c1-3-5-7-9-11-13-15-17-19-21-23-25-27-29-31-33-34-35-36-37-38-39-40-41-42-44-46-48-50-52-54-56-58-60-62-64-66-68-70-72-79(82)88-77(76-87-89(83,84)86-74-73-80)75-85-78(81)71-69-67-65-63-61-59-57-55-53-51-49-47-45-43-32-30-28-26-24-22-20-18-16-14-12-10-8-6-4-2/h5,7,11,13,16-19,22-25,28-31,34-35,77H,3-4,6,8-10,12,14-15,20-21,26-27,32-33,36-76,80H2,1-2H3,(H,83,84)/b7-5-,13-11-,18-16-,19-17-,24-22-,25-23-,30-28-,31-29-,35-34-. The van der Waals surface area contributed by atoms with E-state index >= 15 is 0 Å². The molecule has 2 atom stereocenters. The third-order valence-corrected chi connectivity index (χ3v) is 17.1. The highest BCUT2D eigenvalue weighted by atomic mass is 31.2. The first-order valence-corrected chi connectivity index (χ1v) is 38.9. The summed E-state index contributed by atoms with van der Waals surface area (Å²) in [5, 5.41) is 0. The normalized spacial score (nSPS) is 13.5. The van der Waals surface area contributed by atoms with Crippen LogP contribution in [0.4, 0.5) is 0 Å². The molecule has 0 fully saturated rings. The summed E-state index contributed by atoms with van der Waals surface area (Å²) in [6.07, 6.45) is 102. The van der Waals surface area contributed by atoms with Crippen molar-refractivity contribution in [1.82, 2.24) is 0 Å². The molecular weight excluding hydrogens is 1120 g/mol. The highest BCUT2D eigenvalue weighted by Gasteiger charge is 2.26. The van der Waals surface area contributed by atoms with Gasteiger partial charge in [-0.1, -0.05) is 342 Å². The lowest BCUT2D eigenvalue weighted by molar-refractivity contribution is -0.161. The molecule has 0 aliphatic rings. The Kier molecular flexibility index (Phi) is 71.0. The van der Waals surface area contributed by atoms with Crippen molar-refractivity contribution >= 4 is 19.8 Å².